The first-order chi connectivity index (χ1) is 11.4. The summed E-state index contributed by atoms with van der Waals surface area (Å²) >= 11 is 5.93. The molecule has 2 rings (SSSR count). The lowest BCUT2D eigenvalue weighted by Gasteiger charge is -2.10. The van der Waals surface area contributed by atoms with Crippen molar-refractivity contribution in [2.24, 2.45) is 0 Å². The molecule has 2 aromatic rings. The minimum atomic E-state index is -0.583. The van der Waals surface area contributed by atoms with E-state index in [1.807, 2.05) is 20.2 Å². The summed E-state index contributed by atoms with van der Waals surface area (Å²) in [6.45, 7) is 0. The minimum Gasteiger partial charge on any atom is -0.495 e. The fraction of sp³-hybridized carbons (Fsp3) is 0.176. The lowest BCUT2D eigenvalue weighted by Crippen LogP contribution is -2.14. The van der Waals surface area contributed by atoms with Crippen molar-refractivity contribution in [3.05, 3.63) is 46.7 Å². The van der Waals surface area contributed by atoms with Gasteiger partial charge in [-0.2, -0.15) is 5.26 Å². The monoisotopic (exact) mass is 345 g/mol. The molecule has 1 amide bonds. The van der Waals surface area contributed by atoms with Gasteiger partial charge in [0.1, 0.15) is 23.2 Å². The first-order valence-electron chi connectivity index (χ1n) is 6.98. The van der Waals surface area contributed by atoms with Gasteiger partial charge in [0.25, 0.3) is 5.91 Å². The van der Waals surface area contributed by atoms with Crippen molar-refractivity contribution in [1.29, 1.82) is 5.26 Å². The number of nitrogens with zero attached hydrogens (tertiary/aromatic N) is 2. The third-order valence-corrected chi connectivity index (χ3v) is 3.35. The molecule has 1 N–H and O–H groups in total. The number of nitriles is 1. The van der Waals surface area contributed by atoms with Crippen LogP contribution in [-0.4, -0.2) is 27.1 Å². The predicted octanol–water partition coefficient (Wildman–Crippen LogP) is 3.55. The number of amides is 1. The summed E-state index contributed by atoms with van der Waals surface area (Å²) in [6.07, 6.45) is 1.37. The molecule has 0 bridgehead atoms. The fourth-order valence-electron chi connectivity index (χ4n) is 1.92. The summed E-state index contributed by atoms with van der Waals surface area (Å²) in [6, 6.07) is 10.1. The maximum atomic E-state index is 12.3. The van der Waals surface area contributed by atoms with Gasteiger partial charge < -0.3 is 19.4 Å². The number of hydrogen-bond acceptors (Lipinski definition) is 5. The van der Waals surface area contributed by atoms with E-state index in [1.165, 1.54) is 13.2 Å². The quantitative estimate of drug-likeness (QED) is 0.662. The molecule has 0 saturated heterocycles. The second-order valence-electron chi connectivity index (χ2n) is 5.04. The molecule has 0 atom stereocenters. The number of furan rings is 1. The van der Waals surface area contributed by atoms with Gasteiger partial charge in [0.15, 0.2) is 5.88 Å². The van der Waals surface area contributed by atoms with E-state index in [0.29, 0.717) is 28.1 Å². The normalized spacial score (nSPS) is 10.9. The van der Waals surface area contributed by atoms with Crippen molar-refractivity contribution in [2.45, 2.75) is 0 Å². The molecule has 6 nitrogen and oxygen atoms in total. The zero-order valence-corrected chi connectivity index (χ0v) is 14.2. The highest BCUT2D eigenvalue weighted by Crippen LogP contribution is 2.28. The van der Waals surface area contributed by atoms with Crippen LogP contribution in [-0.2, 0) is 4.79 Å². The number of carbonyl (C=O) groups is 1. The van der Waals surface area contributed by atoms with Gasteiger partial charge in [-0.1, -0.05) is 11.6 Å². The van der Waals surface area contributed by atoms with E-state index in [4.69, 9.17) is 20.8 Å². The molecule has 0 aliphatic rings. The van der Waals surface area contributed by atoms with E-state index in [0.717, 1.165) is 0 Å². The standard InChI is InChI=1S/C17H16ClN3O3/c1-21(2)16-7-5-13(24-16)8-11(10-19)17(22)20-14-9-12(18)4-6-15(14)23-3/h4-9H,1-3H3,(H,20,22)/b11-8+. The van der Waals surface area contributed by atoms with Gasteiger partial charge >= 0.3 is 0 Å². The summed E-state index contributed by atoms with van der Waals surface area (Å²) in [5, 5.41) is 12.3. The summed E-state index contributed by atoms with van der Waals surface area (Å²) in [5.41, 5.74) is 0.279. The van der Waals surface area contributed by atoms with Crippen LogP contribution in [0.15, 0.2) is 40.3 Å². The average Bonchev–Trinajstić information content (AvgIpc) is 3.01. The van der Waals surface area contributed by atoms with Crippen LogP contribution >= 0.6 is 11.6 Å². The Hall–Kier alpha value is -2.91. The summed E-state index contributed by atoms with van der Waals surface area (Å²) in [7, 11) is 5.14. The maximum absolute atomic E-state index is 12.3. The van der Waals surface area contributed by atoms with Gasteiger partial charge in [0.2, 0.25) is 0 Å². The summed E-state index contributed by atoms with van der Waals surface area (Å²) < 4.78 is 10.7. The molecule has 0 aliphatic heterocycles. The third-order valence-electron chi connectivity index (χ3n) is 3.11. The Labute approximate surface area is 144 Å². The highest BCUT2D eigenvalue weighted by molar-refractivity contribution is 6.31. The zero-order valence-electron chi connectivity index (χ0n) is 13.5. The summed E-state index contributed by atoms with van der Waals surface area (Å²) in [5.74, 6) is 0.887. The van der Waals surface area contributed by atoms with Gasteiger partial charge in [-0.05, 0) is 24.3 Å². The lowest BCUT2D eigenvalue weighted by molar-refractivity contribution is -0.112. The van der Waals surface area contributed by atoms with Gasteiger partial charge in [0, 0.05) is 31.3 Å². The third kappa shape index (κ3) is 4.09. The molecule has 1 aromatic heterocycles. The fourth-order valence-corrected chi connectivity index (χ4v) is 2.09. The smallest absolute Gasteiger partial charge is 0.266 e. The SMILES string of the molecule is COc1ccc(Cl)cc1NC(=O)/C(C#N)=C/c1ccc(N(C)C)o1. The number of methoxy groups -OCH3 is 1. The van der Waals surface area contributed by atoms with Crippen molar-refractivity contribution in [1.82, 2.24) is 0 Å². The van der Waals surface area contributed by atoms with Crippen molar-refractivity contribution >= 4 is 35.2 Å². The molecule has 124 valence electrons. The Kier molecular flexibility index (Phi) is 5.51. The van der Waals surface area contributed by atoms with Gasteiger partial charge in [-0.25, -0.2) is 0 Å². The van der Waals surface area contributed by atoms with Gasteiger partial charge in [0.05, 0.1) is 12.8 Å². The number of hydrogen-bond donors (Lipinski definition) is 1. The molecular weight excluding hydrogens is 330 g/mol. The minimum absolute atomic E-state index is 0.100. The Morgan fingerprint density at radius 3 is 2.71 bits per heavy atom. The van der Waals surface area contributed by atoms with Gasteiger partial charge in [-0.3, -0.25) is 4.79 Å². The number of rotatable bonds is 5. The predicted molar refractivity (Wildman–Crippen MR) is 93.3 cm³/mol. The molecule has 1 heterocycles. The average molecular weight is 346 g/mol. The van der Waals surface area contributed by atoms with E-state index >= 15 is 0 Å². The second kappa shape index (κ2) is 7.57. The molecular formula is C17H16ClN3O3. The highest BCUT2D eigenvalue weighted by atomic mass is 35.5. The van der Waals surface area contributed by atoms with Gasteiger partial charge in [-0.15, -0.1) is 0 Å². The van der Waals surface area contributed by atoms with Crippen LogP contribution in [0.5, 0.6) is 5.75 Å². The van der Waals surface area contributed by atoms with Crippen molar-refractivity contribution in [3.8, 4) is 11.8 Å². The molecule has 0 aliphatic carbocycles. The number of anilines is 2. The van der Waals surface area contributed by atoms with Crippen molar-refractivity contribution in [3.63, 3.8) is 0 Å². The molecule has 0 unspecified atom stereocenters. The zero-order chi connectivity index (χ0) is 17.7. The Morgan fingerprint density at radius 2 is 2.12 bits per heavy atom. The van der Waals surface area contributed by atoms with Crippen LogP contribution in [0.2, 0.25) is 5.02 Å². The van der Waals surface area contributed by atoms with Crippen LogP contribution in [0, 0.1) is 11.3 Å². The largest absolute Gasteiger partial charge is 0.495 e. The van der Waals surface area contributed by atoms with Crippen LogP contribution in [0.3, 0.4) is 0 Å². The molecule has 0 spiro atoms. The molecule has 1 aromatic carbocycles. The van der Waals surface area contributed by atoms with Crippen LogP contribution in [0.1, 0.15) is 5.76 Å². The molecule has 24 heavy (non-hydrogen) atoms. The Bertz CT molecular complexity index is 819. The maximum Gasteiger partial charge on any atom is 0.266 e. The number of carbonyl (C=O) groups excluding carboxylic acids is 1. The number of benzene rings is 1. The van der Waals surface area contributed by atoms with E-state index in [9.17, 15) is 10.1 Å². The summed E-state index contributed by atoms with van der Waals surface area (Å²) in [4.78, 5) is 14.1. The first-order valence-corrected chi connectivity index (χ1v) is 7.36. The van der Waals surface area contributed by atoms with Crippen LogP contribution < -0.4 is 15.0 Å². The number of halogens is 1. The molecule has 0 radical (unpaired) electrons. The highest BCUT2D eigenvalue weighted by Gasteiger charge is 2.14. The van der Waals surface area contributed by atoms with Crippen molar-refractivity contribution < 1.29 is 13.9 Å². The molecule has 0 saturated carbocycles. The number of ether oxygens (including phenoxy) is 1. The van der Waals surface area contributed by atoms with E-state index in [1.54, 1.807) is 35.2 Å². The number of nitrogens with one attached hydrogen (secondary N) is 1. The lowest BCUT2D eigenvalue weighted by atomic mass is 10.2. The second-order valence-corrected chi connectivity index (χ2v) is 5.48. The van der Waals surface area contributed by atoms with Crippen LogP contribution in [0.25, 0.3) is 6.08 Å². The van der Waals surface area contributed by atoms with Crippen LogP contribution in [0.4, 0.5) is 11.6 Å². The molecule has 7 heteroatoms. The van der Waals surface area contributed by atoms with E-state index < -0.39 is 5.91 Å². The Morgan fingerprint density at radius 1 is 1.38 bits per heavy atom. The molecule has 0 fully saturated rings. The Balaban J connectivity index is 2.24. The van der Waals surface area contributed by atoms with E-state index in [-0.39, 0.29) is 5.57 Å². The first kappa shape index (κ1) is 17.4. The van der Waals surface area contributed by atoms with E-state index in [2.05, 4.69) is 5.32 Å². The van der Waals surface area contributed by atoms with Crippen molar-refractivity contribution in [2.75, 3.05) is 31.4 Å². The topological polar surface area (TPSA) is 78.5 Å².